The number of halogens is 2. The van der Waals surface area contributed by atoms with Crippen LogP contribution in [0.25, 0.3) is 0 Å². The minimum Gasteiger partial charge on any atom is -0.377 e. The highest BCUT2D eigenvalue weighted by Gasteiger charge is 2.13. The van der Waals surface area contributed by atoms with Gasteiger partial charge in [-0.05, 0) is 25.0 Å². The monoisotopic (exact) mass is 243 g/mol. The molecule has 0 radical (unpaired) electrons. The third-order valence-electron chi connectivity index (χ3n) is 2.57. The molecule has 0 aliphatic heterocycles. The molecule has 1 aromatic rings. The fourth-order valence-corrected chi connectivity index (χ4v) is 1.44. The van der Waals surface area contributed by atoms with Gasteiger partial charge in [0, 0.05) is 13.2 Å². The van der Waals surface area contributed by atoms with Crippen LogP contribution in [0.1, 0.15) is 25.0 Å². The summed E-state index contributed by atoms with van der Waals surface area (Å²) < 4.78 is 30.0. The molecule has 0 aliphatic carbocycles. The van der Waals surface area contributed by atoms with Crippen molar-refractivity contribution >= 4 is 0 Å². The van der Waals surface area contributed by atoms with Gasteiger partial charge < -0.3 is 10.1 Å². The van der Waals surface area contributed by atoms with Crippen LogP contribution in [-0.2, 0) is 17.9 Å². The fourth-order valence-electron chi connectivity index (χ4n) is 1.44. The fraction of sp³-hybridized carbons (Fsp3) is 0.538. The summed E-state index contributed by atoms with van der Waals surface area (Å²) in [6.07, 6.45) is -2.34. The summed E-state index contributed by atoms with van der Waals surface area (Å²) in [5, 5.41) is 2.81. The summed E-state index contributed by atoms with van der Waals surface area (Å²) >= 11 is 0. The molecule has 0 spiro atoms. The molecule has 0 aliphatic rings. The summed E-state index contributed by atoms with van der Waals surface area (Å²) in [6.45, 7) is 5.02. The van der Waals surface area contributed by atoms with E-state index in [4.69, 9.17) is 4.74 Å². The number of nitrogens with one attached hydrogen (secondary N) is 1. The summed E-state index contributed by atoms with van der Waals surface area (Å²) in [6, 6.07) is 6.92. The van der Waals surface area contributed by atoms with Gasteiger partial charge in [0.1, 0.15) is 0 Å². The maximum absolute atomic E-state index is 12.3. The normalized spacial score (nSPS) is 13.0. The largest absolute Gasteiger partial charge is 0.377 e. The molecule has 0 amide bonds. The van der Waals surface area contributed by atoms with Crippen molar-refractivity contribution in [3.05, 3.63) is 35.4 Å². The van der Waals surface area contributed by atoms with Crippen molar-refractivity contribution in [2.45, 2.75) is 39.5 Å². The number of hydrogen-bond acceptors (Lipinski definition) is 2. The molecule has 0 fully saturated rings. The second-order valence-electron chi connectivity index (χ2n) is 3.91. The molecule has 1 atom stereocenters. The van der Waals surface area contributed by atoms with Crippen LogP contribution in [0, 0.1) is 0 Å². The van der Waals surface area contributed by atoms with E-state index in [1.807, 2.05) is 31.2 Å². The van der Waals surface area contributed by atoms with Crippen molar-refractivity contribution in [3.63, 3.8) is 0 Å². The zero-order valence-electron chi connectivity index (χ0n) is 10.2. The molecule has 1 N–H and O–H groups in total. The lowest BCUT2D eigenvalue weighted by molar-refractivity contribution is 0.105. The number of benzene rings is 1. The SMILES string of the molecule is CCOCc1ccccc1CNC(C)C(F)F. The first-order chi connectivity index (χ1) is 8.15. The van der Waals surface area contributed by atoms with Crippen LogP contribution in [0.3, 0.4) is 0 Å². The van der Waals surface area contributed by atoms with Gasteiger partial charge in [-0.3, -0.25) is 0 Å². The molecule has 0 saturated heterocycles. The Morgan fingerprint density at radius 2 is 1.88 bits per heavy atom. The standard InChI is InChI=1S/C13H19F2NO/c1-3-17-9-12-7-5-4-6-11(12)8-16-10(2)13(14)15/h4-7,10,13,16H,3,8-9H2,1-2H3. The van der Waals surface area contributed by atoms with Gasteiger partial charge in [-0.2, -0.15) is 0 Å². The first-order valence-corrected chi connectivity index (χ1v) is 5.81. The zero-order valence-corrected chi connectivity index (χ0v) is 10.2. The van der Waals surface area contributed by atoms with Gasteiger partial charge in [-0.1, -0.05) is 24.3 Å². The number of hydrogen-bond donors (Lipinski definition) is 1. The van der Waals surface area contributed by atoms with Gasteiger partial charge in [-0.15, -0.1) is 0 Å². The topological polar surface area (TPSA) is 21.3 Å². The molecular formula is C13H19F2NO. The van der Waals surface area contributed by atoms with Crippen LogP contribution in [0.4, 0.5) is 8.78 Å². The van der Waals surface area contributed by atoms with Crippen molar-refractivity contribution in [1.82, 2.24) is 5.32 Å². The van der Waals surface area contributed by atoms with Gasteiger partial charge >= 0.3 is 0 Å². The summed E-state index contributed by atoms with van der Waals surface area (Å²) in [5.74, 6) is 0. The van der Waals surface area contributed by atoms with Crippen molar-refractivity contribution in [2.24, 2.45) is 0 Å². The number of alkyl halides is 2. The van der Waals surface area contributed by atoms with E-state index >= 15 is 0 Å². The molecule has 2 nitrogen and oxygen atoms in total. The summed E-state index contributed by atoms with van der Waals surface area (Å²) in [4.78, 5) is 0. The maximum Gasteiger partial charge on any atom is 0.253 e. The predicted molar refractivity (Wildman–Crippen MR) is 64.1 cm³/mol. The van der Waals surface area contributed by atoms with Crippen LogP contribution in [0.2, 0.25) is 0 Å². The van der Waals surface area contributed by atoms with E-state index in [9.17, 15) is 8.78 Å². The summed E-state index contributed by atoms with van der Waals surface area (Å²) in [7, 11) is 0. The second-order valence-corrected chi connectivity index (χ2v) is 3.91. The minimum absolute atomic E-state index is 0.439. The first-order valence-electron chi connectivity index (χ1n) is 5.81. The van der Waals surface area contributed by atoms with Crippen molar-refractivity contribution in [2.75, 3.05) is 6.61 Å². The van der Waals surface area contributed by atoms with Crippen LogP contribution >= 0.6 is 0 Å². The van der Waals surface area contributed by atoms with Crippen LogP contribution in [0.15, 0.2) is 24.3 Å². The molecule has 0 heterocycles. The highest BCUT2D eigenvalue weighted by atomic mass is 19.3. The van der Waals surface area contributed by atoms with E-state index in [1.54, 1.807) is 0 Å². The molecule has 0 bridgehead atoms. The Labute approximate surface area is 101 Å². The van der Waals surface area contributed by atoms with E-state index < -0.39 is 12.5 Å². The molecule has 1 rings (SSSR count). The van der Waals surface area contributed by atoms with Crippen LogP contribution in [-0.4, -0.2) is 19.1 Å². The third-order valence-corrected chi connectivity index (χ3v) is 2.57. The van der Waals surface area contributed by atoms with Crippen molar-refractivity contribution in [3.8, 4) is 0 Å². The number of ether oxygens (including phenoxy) is 1. The molecule has 4 heteroatoms. The Hall–Kier alpha value is -1.00. The van der Waals surface area contributed by atoms with Gasteiger partial charge in [0.15, 0.2) is 0 Å². The average molecular weight is 243 g/mol. The van der Waals surface area contributed by atoms with Gasteiger partial charge in [0.05, 0.1) is 12.6 Å². The average Bonchev–Trinajstić information content (AvgIpc) is 2.34. The quantitative estimate of drug-likeness (QED) is 0.795. The highest BCUT2D eigenvalue weighted by molar-refractivity contribution is 5.26. The lowest BCUT2D eigenvalue weighted by Crippen LogP contribution is -2.32. The molecule has 0 saturated carbocycles. The highest BCUT2D eigenvalue weighted by Crippen LogP contribution is 2.11. The Morgan fingerprint density at radius 1 is 1.24 bits per heavy atom. The van der Waals surface area contributed by atoms with E-state index in [1.165, 1.54) is 6.92 Å². The van der Waals surface area contributed by atoms with E-state index in [2.05, 4.69) is 5.32 Å². The lowest BCUT2D eigenvalue weighted by atomic mass is 10.1. The van der Waals surface area contributed by atoms with Crippen molar-refractivity contribution < 1.29 is 13.5 Å². The summed E-state index contributed by atoms with van der Waals surface area (Å²) in [5.41, 5.74) is 2.05. The Morgan fingerprint density at radius 3 is 2.47 bits per heavy atom. The molecular weight excluding hydrogens is 224 g/mol. The molecule has 17 heavy (non-hydrogen) atoms. The maximum atomic E-state index is 12.3. The zero-order chi connectivity index (χ0) is 12.7. The molecule has 96 valence electrons. The lowest BCUT2D eigenvalue weighted by Gasteiger charge is -2.15. The predicted octanol–water partition coefficient (Wildman–Crippen LogP) is 2.97. The minimum atomic E-state index is -2.34. The Balaban J connectivity index is 2.57. The Kier molecular flexibility index (Phi) is 6.08. The van der Waals surface area contributed by atoms with Gasteiger partial charge in [0.25, 0.3) is 6.43 Å². The van der Waals surface area contributed by atoms with Gasteiger partial charge in [0.2, 0.25) is 0 Å². The first kappa shape index (κ1) is 14.1. The van der Waals surface area contributed by atoms with Crippen LogP contribution in [0.5, 0.6) is 0 Å². The number of rotatable bonds is 7. The van der Waals surface area contributed by atoms with Crippen molar-refractivity contribution in [1.29, 1.82) is 0 Å². The Bertz CT molecular complexity index is 331. The van der Waals surface area contributed by atoms with E-state index in [-0.39, 0.29) is 0 Å². The van der Waals surface area contributed by atoms with E-state index in [0.717, 1.165) is 11.1 Å². The van der Waals surface area contributed by atoms with Gasteiger partial charge in [-0.25, -0.2) is 8.78 Å². The third kappa shape index (κ3) is 4.79. The van der Waals surface area contributed by atoms with Crippen LogP contribution < -0.4 is 5.32 Å². The molecule has 1 aromatic carbocycles. The molecule has 1 unspecified atom stereocenters. The molecule has 0 aromatic heterocycles. The van der Waals surface area contributed by atoms with E-state index in [0.29, 0.717) is 19.8 Å². The second kappa shape index (κ2) is 7.35. The smallest absolute Gasteiger partial charge is 0.253 e.